The predicted octanol–water partition coefficient (Wildman–Crippen LogP) is 3.60. The Morgan fingerprint density at radius 2 is 1.42 bits per heavy atom. The number of carbonyl (C=O) groups excluding carboxylic acids is 4. The van der Waals surface area contributed by atoms with E-state index in [-0.39, 0.29) is 16.8 Å². The second kappa shape index (κ2) is 7.50. The van der Waals surface area contributed by atoms with Crippen LogP contribution in [0.25, 0.3) is 0 Å². The van der Waals surface area contributed by atoms with Crippen LogP contribution in [0.2, 0.25) is 0 Å². The number of rotatable bonds is 3. The largest absolute Gasteiger partial charge is 0.349 e. The maximum Gasteiger partial charge on any atom is 0.269 e. The first-order valence-corrected chi connectivity index (χ1v) is 11.3. The van der Waals surface area contributed by atoms with Crippen molar-refractivity contribution in [1.29, 1.82) is 0 Å². The van der Waals surface area contributed by atoms with Crippen molar-refractivity contribution in [1.82, 2.24) is 0 Å². The summed E-state index contributed by atoms with van der Waals surface area (Å²) in [5.74, 6) is -5.14. The number of hydrogen-bond donors (Lipinski definition) is 0. The summed E-state index contributed by atoms with van der Waals surface area (Å²) in [7, 11) is 0. The minimum atomic E-state index is -2.19. The summed E-state index contributed by atoms with van der Waals surface area (Å²) in [5, 5.41) is 11.1. The van der Waals surface area contributed by atoms with E-state index in [2.05, 4.69) is 0 Å². The van der Waals surface area contributed by atoms with Crippen molar-refractivity contribution >= 4 is 34.8 Å². The minimum Gasteiger partial charge on any atom is -0.349 e. The summed E-state index contributed by atoms with van der Waals surface area (Å²) >= 11 is 0. The molecule has 2 saturated heterocycles. The standard InChI is InChI=1S/C27H18N2O7/c1-14-6-10-16(11-7-14)28-25(32)20-21(26(28)33)27(23(30)18-4-2-3-5-19(18)24(27)31)36-22(20)15-8-12-17(13-9-15)29(34)35/h2-13,20-22H,1H3/t20-,21+,22-/m0/s1. The Labute approximate surface area is 204 Å². The van der Waals surface area contributed by atoms with Crippen molar-refractivity contribution in [3.63, 3.8) is 0 Å². The topological polar surface area (TPSA) is 124 Å². The number of nitrogens with zero attached hydrogens (tertiary/aromatic N) is 2. The Balaban J connectivity index is 1.52. The summed E-state index contributed by atoms with van der Waals surface area (Å²) in [6, 6.07) is 18.4. The van der Waals surface area contributed by atoms with E-state index in [4.69, 9.17) is 4.74 Å². The van der Waals surface area contributed by atoms with Crippen LogP contribution in [0, 0.1) is 28.9 Å². The summed E-state index contributed by atoms with van der Waals surface area (Å²) in [5.41, 5.74) is -0.461. The van der Waals surface area contributed by atoms with Crippen LogP contribution >= 0.6 is 0 Å². The molecule has 0 N–H and O–H groups in total. The van der Waals surface area contributed by atoms with Gasteiger partial charge in [-0.15, -0.1) is 0 Å². The molecule has 9 nitrogen and oxygen atoms in total. The Bertz CT molecular complexity index is 1460. The number of carbonyl (C=O) groups is 4. The first-order valence-electron chi connectivity index (χ1n) is 11.3. The summed E-state index contributed by atoms with van der Waals surface area (Å²) in [6.07, 6.45) is -1.13. The van der Waals surface area contributed by atoms with E-state index in [1.165, 1.54) is 36.4 Å². The van der Waals surface area contributed by atoms with E-state index in [1.54, 1.807) is 36.4 Å². The van der Waals surface area contributed by atoms with E-state index >= 15 is 0 Å². The Morgan fingerprint density at radius 1 is 0.833 bits per heavy atom. The van der Waals surface area contributed by atoms with Gasteiger partial charge in [-0.2, -0.15) is 0 Å². The second-order valence-corrected chi connectivity index (χ2v) is 9.18. The van der Waals surface area contributed by atoms with Gasteiger partial charge in [-0.05, 0) is 36.8 Å². The lowest BCUT2D eigenvalue weighted by Gasteiger charge is -2.27. The lowest BCUT2D eigenvalue weighted by Crippen LogP contribution is -2.51. The maximum atomic E-state index is 13.8. The molecular weight excluding hydrogens is 464 g/mol. The fourth-order valence-corrected chi connectivity index (χ4v) is 5.55. The summed E-state index contributed by atoms with van der Waals surface area (Å²) in [4.78, 5) is 66.6. The van der Waals surface area contributed by atoms with Crippen LogP contribution in [0.5, 0.6) is 0 Å². The fourth-order valence-electron chi connectivity index (χ4n) is 5.55. The molecule has 2 heterocycles. The van der Waals surface area contributed by atoms with Crippen LogP contribution in [-0.2, 0) is 14.3 Å². The van der Waals surface area contributed by atoms with Gasteiger partial charge in [0.25, 0.3) is 5.69 Å². The van der Waals surface area contributed by atoms with Crippen molar-refractivity contribution in [2.24, 2.45) is 11.8 Å². The van der Waals surface area contributed by atoms with Gasteiger partial charge < -0.3 is 4.74 Å². The molecule has 9 heteroatoms. The van der Waals surface area contributed by atoms with Crippen LogP contribution in [-0.4, -0.2) is 33.9 Å². The predicted molar refractivity (Wildman–Crippen MR) is 125 cm³/mol. The highest BCUT2D eigenvalue weighted by molar-refractivity contribution is 6.37. The zero-order chi connectivity index (χ0) is 25.4. The number of Topliss-reactive ketones (excluding diaryl/α,β-unsaturated/α-hetero) is 2. The number of ether oxygens (including phenoxy) is 1. The second-order valence-electron chi connectivity index (χ2n) is 9.18. The zero-order valence-corrected chi connectivity index (χ0v) is 18.9. The normalized spacial score (nSPS) is 23.9. The van der Waals surface area contributed by atoms with Crippen LogP contribution < -0.4 is 4.90 Å². The molecule has 0 unspecified atom stereocenters. The highest BCUT2D eigenvalue weighted by atomic mass is 16.6. The monoisotopic (exact) mass is 482 g/mol. The number of ketones is 2. The van der Waals surface area contributed by atoms with Crippen LogP contribution in [0.4, 0.5) is 11.4 Å². The number of fused-ring (bicyclic) bond motifs is 3. The molecule has 0 saturated carbocycles. The average molecular weight is 482 g/mol. The molecule has 36 heavy (non-hydrogen) atoms. The van der Waals surface area contributed by atoms with Gasteiger partial charge in [0.1, 0.15) is 0 Å². The molecule has 2 fully saturated rings. The van der Waals surface area contributed by atoms with Crippen molar-refractivity contribution in [2.45, 2.75) is 18.6 Å². The first kappa shape index (κ1) is 22.0. The molecule has 1 aliphatic carbocycles. The quantitative estimate of drug-likeness (QED) is 0.242. The smallest absolute Gasteiger partial charge is 0.269 e. The van der Waals surface area contributed by atoms with Crippen LogP contribution in [0.3, 0.4) is 0 Å². The molecule has 6 rings (SSSR count). The van der Waals surface area contributed by atoms with E-state index in [9.17, 15) is 29.3 Å². The van der Waals surface area contributed by atoms with Gasteiger partial charge in [0, 0.05) is 23.3 Å². The van der Waals surface area contributed by atoms with E-state index in [0.717, 1.165) is 10.5 Å². The number of amides is 2. The number of imide groups is 1. The number of non-ortho nitro benzene ring substituents is 1. The molecule has 3 aromatic rings. The number of benzene rings is 3. The highest BCUT2D eigenvalue weighted by Crippen LogP contribution is 2.57. The van der Waals surface area contributed by atoms with E-state index < -0.39 is 51.8 Å². The minimum absolute atomic E-state index is 0.139. The molecular formula is C27H18N2O7. The summed E-state index contributed by atoms with van der Waals surface area (Å²) < 4.78 is 6.18. The molecule has 1 spiro atoms. The van der Waals surface area contributed by atoms with Gasteiger partial charge >= 0.3 is 0 Å². The molecule has 3 aliphatic rings. The molecule has 0 bridgehead atoms. The average Bonchev–Trinajstić information content (AvgIpc) is 3.45. The first-order chi connectivity index (χ1) is 17.3. The van der Waals surface area contributed by atoms with Gasteiger partial charge in [0.15, 0.2) is 0 Å². The van der Waals surface area contributed by atoms with Crippen molar-refractivity contribution in [3.8, 4) is 0 Å². The number of anilines is 1. The Kier molecular flexibility index (Phi) is 4.58. The third kappa shape index (κ3) is 2.74. The Morgan fingerprint density at radius 3 is 1.97 bits per heavy atom. The van der Waals surface area contributed by atoms with Gasteiger partial charge in [0.05, 0.1) is 28.6 Å². The zero-order valence-electron chi connectivity index (χ0n) is 18.9. The van der Waals surface area contributed by atoms with Crippen molar-refractivity contribution in [2.75, 3.05) is 4.90 Å². The van der Waals surface area contributed by atoms with Crippen LogP contribution in [0.15, 0.2) is 72.8 Å². The number of aryl methyl sites for hydroxylation is 1. The molecule has 3 aromatic carbocycles. The lowest BCUT2D eigenvalue weighted by atomic mass is 9.77. The summed E-state index contributed by atoms with van der Waals surface area (Å²) in [6.45, 7) is 1.87. The highest BCUT2D eigenvalue weighted by Gasteiger charge is 2.74. The molecule has 2 amide bonds. The molecule has 0 aromatic heterocycles. The Hall–Kier alpha value is -4.50. The number of nitro groups is 1. The lowest BCUT2D eigenvalue weighted by molar-refractivity contribution is -0.384. The fraction of sp³-hybridized carbons (Fsp3) is 0.185. The van der Waals surface area contributed by atoms with Gasteiger partial charge in [0.2, 0.25) is 29.0 Å². The van der Waals surface area contributed by atoms with Crippen molar-refractivity contribution in [3.05, 3.63) is 105 Å². The van der Waals surface area contributed by atoms with E-state index in [1.807, 2.05) is 6.92 Å². The molecule has 2 aliphatic heterocycles. The third-order valence-corrected chi connectivity index (χ3v) is 7.24. The molecule has 178 valence electrons. The third-order valence-electron chi connectivity index (χ3n) is 7.24. The van der Waals surface area contributed by atoms with Gasteiger partial charge in [-0.25, -0.2) is 4.90 Å². The van der Waals surface area contributed by atoms with Crippen LogP contribution in [0.1, 0.15) is 37.9 Å². The number of hydrogen-bond acceptors (Lipinski definition) is 7. The molecule has 0 radical (unpaired) electrons. The van der Waals surface area contributed by atoms with E-state index in [0.29, 0.717) is 11.3 Å². The van der Waals surface area contributed by atoms with Crippen molar-refractivity contribution < 1.29 is 28.8 Å². The SMILES string of the molecule is Cc1ccc(N2C(=O)[C@@H]3[C@H](c4ccc([N+](=O)[O-])cc4)OC4(C(=O)c5ccccc5C4=O)[C@H]3C2=O)cc1. The number of nitro benzene ring substituents is 1. The molecule has 3 atom stereocenters. The van der Waals surface area contributed by atoms with Gasteiger partial charge in [-0.3, -0.25) is 29.3 Å². The van der Waals surface area contributed by atoms with Gasteiger partial charge in [-0.1, -0.05) is 42.0 Å². The maximum absolute atomic E-state index is 13.8.